The average molecular weight is 265 g/mol. The molecule has 3 nitrogen and oxygen atoms in total. The third-order valence-corrected chi connectivity index (χ3v) is 3.54. The Kier molecular flexibility index (Phi) is 2.90. The third-order valence-electron chi connectivity index (χ3n) is 3.54. The van der Waals surface area contributed by atoms with Crippen molar-refractivity contribution in [2.75, 3.05) is 5.32 Å². The molecule has 3 rings (SSSR count). The second-order valence-corrected chi connectivity index (χ2v) is 5.25. The molecular weight excluding hydrogens is 250 g/mol. The van der Waals surface area contributed by atoms with E-state index in [0.29, 0.717) is 16.8 Å². The molecule has 0 aromatic heterocycles. The smallest absolute Gasteiger partial charge is 0.226 e. The Morgan fingerprint density at radius 3 is 2.30 bits per heavy atom. The van der Waals surface area contributed by atoms with Gasteiger partial charge >= 0.3 is 0 Å². The van der Waals surface area contributed by atoms with Gasteiger partial charge in [0.15, 0.2) is 5.78 Å². The Bertz CT molecular complexity index is 717. The number of fused-ring (bicyclic) bond motifs is 3. The van der Waals surface area contributed by atoms with Gasteiger partial charge < -0.3 is 5.32 Å². The minimum atomic E-state index is -0.121. The molecule has 1 aliphatic rings. The zero-order valence-electron chi connectivity index (χ0n) is 11.4. The van der Waals surface area contributed by atoms with Crippen LogP contribution < -0.4 is 5.32 Å². The van der Waals surface area contributed by atoms with E-state index in [1.54, 1.807) is 6.07 Å². The second-order valence-electron chi connectivity index (χ2n) is 5.25. The van der Waals surface area contributed by atoms with Crippen LogP contribution in [0.4, 0.5) is 5.69 Å². The maximum absolute atomic E-state index is 12.5. The van der Waals surface area contributed by atoms with Gasteiger partial charge in [-0.1, -0.05) is 50.2 Å². The van der Waals surface area contributed by atoms with E-state index < -0.39 is 0 Å². The predicted octanol–water partition coefficient (Wildman–Crippen LogP) is 3.49. The zero-order chi connectivity index (χ0) is 14.3. The topological polar surface area (TPSA) is 46.2 Å². The summed E-state index contributed by atoms with van der Waals surface area (Å²) in [7, 11) is 0. The molecule has 1 N–H and O–H groups in total. The number of anilines is 1. The van der Waals surface area contributed by atoms with Crippen LogP contribution in [-0.2, 0) is 4.79 Å². The van der Waals surface area contributed by atoms with Crippen molar-refractivity contribution in [3.05, 3.63) is 53.6 Å². The summed E-state index contributed by atoms with van der Waals surface area (Å²) in [5.74, 6) is -0.220. The van der Waals surface area contributed by atoms with Gasteiger partial charge in [0, 0.05) is 11.5 Å². The lowest BCUT2D eigenvalue weighted by Crippen LogP contribution is -2.19. The van der Waals surface area contributed by atoms with Gasteiger partial charge in [-0.25, -0.2) is 0 Å². The van der Waals surface area contributed by atoms with Crippen LogP contribution in [0.1, 0.15) is 29.8 Å². The molecule has 0 radical (unpaired) electrons. The van der Waals surface area contributed by atoms with Gasteiger partial charge in [-0.15, -0.1) is 0 Å². The Hall–Kier alpha value is -2.42. The summed E-state index contributed by atoms with van der Waals surface area (Å²) in [6, 6.07) is 13.1. The summed E-state index contributed by atoms with van der Waals surface area (Å²) >= 11 is 0. The number of benzene rings is 2. The minimum absolute atomic E-state index is 0.0183. The van der Waals surface area contributed by atoms with Crippen LogP contribution in [0.3, 0.4) is 0 Å². The highest BCUT2D eigenvalue weighted by molar-refractivity contribution is 6.25. The van der Waals surface area contributed by atoms with E-state index in [-0.39, 0.29) is 17.6 Å². The molecule has 0 fully saturated rings. The van der Waals surface area contributed by atoms with Gasteiger partial charge in [-0.2, -0.15) is 0 Å². The molecule has 0 bridgehead atoms. The molecular formula is C17H15NO2. The fraction of sp³-hybridized carbons (Fsp3) is 0.176. The number of nitrogens with one attached hydrogen (secondary N) is 1. The fourth-order valence-electron chi connectivity index (χ4n) is 2.45. The molecule has 2 aromatic carbocycles. The van der Waals surface area contributed by atoms with E-state index in [2.05, 4.69) is 5.32 Å². The molecule has 0 saturated carbocycles. The third kappa shape index (κ3) is 1.83. The molecule has 0 spiro atoms. The molecule has 3 heteroatoms. The van der Waals surface area contributed by atoms with Gasteiger partial charge in [-0.05, 0) is 17.2 Å². The number of hydrogen-bond acceptors (Lipinski definition) is 2. The molecule has 0 aliphatic heterocycles. The largest absolute Gasteiger partial charge is 0.325 e. The van der Waals surface area contributed by atoms with Crippen LogP contribution in [-0.4, -0.2) is 11.7 Å². The Morgan fingerprint density at radius 2 is 1.60 bits per heavy atom. The highest BCUT2D eigenvalue weighted by Gasteiger charge is 2.29. The van der Waals surface area contributed by atoms with Crippen molar-refractivity contribution in [3.8, 4) is 11.1 Å². The molecule has 100 valence electrons. The van der Waals surface area contributed by atoms with Gasteiger partial charge in [0.05, 0.1) is 11.3 Å². The molecule has 20 heavy (non-hydrogen) atoms. The summed E-state index contributed by atoms with van der Waals surface area (Å²) in [4.78, 5) is 24.4. The first kappa shape index (κ1) is 12.6. The van der Waals surface area contributed by atoms with Crippen LogP contribution in [0.15, 0.2) is 42.5 Å². The van der Waals surface area contributed by atoms with E-state index in [4.69, 9.17) is 0 Å². The molecule has 1 aliphatic carbocycles. The standard InChI is InChI=1S/C17H15NO2/c1-10(2)17(20)18-14-9-5-8-12-11-6-3-4-7-13(11)16(19)15(12)14/h3-10H,1-2H3,(H,18,20). The van der Waals surface area contributed by atoms with Crippen LogP contribution in [0.2, 0.25) is 0 Å². The number of ketones is 1. The number of carbonyl (C=O) groups excluding carboxylic acids is 2. The lowest BCUT2D eigenvalue weighted by Gasteiger charge is -2.11. The number of amides is 1. The van der Waals surface area contributed by atoms with E-state index in [1.165, 1.54) is 0 Å². The zero-order valence-corrected chi connectivity index (χ0v) is 11.4. The summed E-state index contributed by atoms with van der Waals surface area (Å²) in [6.45, 7) is 3.66. The minimum Gasteiger partial charge on any atom is -0.325 e. The number of carbonyl (C=O) groups is 2. The molecule has 0 heterocycles. The Balaban J connectivity index is 2.11. The highest BCUT2D eigenvalue weighted by atomic mass is 16.2. The van der Waals surface area contributed by atoms with Crippen molar-refractivity contribution in [2.45, 2.75) is 13.8 Å². The SMILES string of the molecule is CC(C)C(=O)Nc1cccc2c1C(=O)c1ccccc1-2. The van der Waals surface area contributed by atoms with Crippen molar-refractivity contribution in [3.63, 3.8) is 0 Å². The second kappa shape index (κ2) is 4.60. The van der Waals surface area contributed by atoms with E-state index in [0.717, 1.165) is 11.1 Å². The van der Waals surface area contributed by atoms with Crippen molar-refractivity contribution < 1.29 is 9.59 Å². The Labute approximate surface area is 117 Å². The van der Waals surface area contributed by atoms with Gasteiger partial charge in [-0.3, -0.25) is 9.59 Å². The molecule has 2 aromatic rings. The maximum Gasteiger partial charge on any atom is 0.226 e. The molecule has 0 saturated heterocycles. The lowest BCUT2D eigenvalue weighted by molar-refractivity contribution is -0.118. The lowest BCUT2D eigenvalue weighted by atomic mass is 10.0. The van der Waals surface area contributed by atoms with Crippen molar-refractivity contribution >= 4 is 17.4 Å². The summed E-state index contributed by atoms with van der Waals surface area (Å²) < 4.78 is 0. The molecule has 0 unspecified atom stereocenters. The van der Waals surface area contributed by atoms with Crippen LogP contribution in [0.25, 0.3) is 11.1 Å². The number of rotatable bonds is 2. The van der Waals surface area contributed by atoms with E-state index in [9.17, 15) is 9.59 Å². The van der Waals surface area contributed by atoms with Crippen molar-refractivity contribution in [2.24, 2.45) is 5.92 Å². The average Bonchev–Trinajstić information content (AvgIpc) is 2.74. The maximum atomic E-state index is 12.5. The Morgan fingerprint density at radius 1 is 0.950 bits per heavy atom. The first-order valence-corrected chi connectivity index (χ1v) is 6.67. The van der Waals surface area contributed by atoms with E-state index >= 15 is 0 Å². The predicted molar refractivity (Wildman–Crippen MR) is 78.8 cm³/mol. The molecule has 1 amide bonds. The first-order chi connectivity index (χ1) is 9.59. The summed E-state index contributed by atoms with van der Waals surface area (Å²) in [6.07, 6.45) is 0. The molecule has 0 atom stereocenters. The van der Waals surface area contributed by atoms with Crippen molar-refractivity contribution in [1.82, 2.24) is 0 Å². The van der Waals surface area contributed by atoms with E-state index in [1.807, 2.05) is 50.2 Å². The normalized spacial score (nSPS) is 12.2. The first-order valence-electron chi connectivity index (χ1n) is 6.67. The quantitative estimate of drug-likeness (QED) is 0.771. The summed E-state index contributed by atoms with van der Waals surface area (Å²) in [5, 5.41) is 2.85. The van der Waals surface area contributed by atoms with Crippen molar-refractivity contribution in [1.29, 1.82) is 0 Å². The van der Waals surface area contributed by atoms with Crippen LogP contribution in [0.5, 0.6) is 0 Å². The van der Waals surface area contributed by atoms with Crippen LogP contribution >= 0.6 is 0 Å². The van der Waals surface area contributed by atoms with Gasteiger partial charge in [0.2, 0.25) is 5.91 Å². The summed E-state index contributed by atoms with van der Waals surface area (Å²) in [5.41, 5.74) is 3.74. The number of hydrogen-bond donors (Lipinski definition) is 1. The van der Waals surface area contributed by atoms with Gasteiger partial charge in [0.25, 0.3) is 0 Å². The monoisotopic (exact) mass is 265 g/mol. The highest BCUT2D eigenvalue weighted by Crippen LogP contribution is 2.39. The van der Waals surface area contributed by atoms with Crippen LogP contribution in [0, 0.1) is 5.92 Å². The fourth-order valence-corrected chi connectivity index (χ4v) is 2.45. The van der Waals surface area contributed by atoms with Gasteiger partial charge in [0.1, 0.15) is 0 Å².